The zero-order valence-corrected chi connectivity index (χ0v) is 14.3. The topological polar surface area (TPSA) is 75.7 Å². The molecular formula is C17H17FN2O4S. The second kappa shape index (κ2) is 6.72. The molecule has 0 bridgehead atoms. The maximum absolute atomic E-state index is 13.3. The lowest BCUT2D eigenvalue weighted by Crippen LogP contribution is -2.24. The van der Waals surface area contributed by atoms with Crippen LogP contribution in [0.4, 0.5) is 15.8 Å². The number of ether oxygens (including phenoxy) is 1. The van der Waals surface area contributed by atoms with Crippen molar-refractivity contribution in [3.63, 3.8) is 0 Å². The molecule has 2 aromatic carbocycles. The smallest absolute Gasteiger partial charge is 0.261 e. The van der Waals surface area contributed by atoms with E-state index in [1.165, 1.54) is 31.4 Å². The van der Waals surface area contributed by atoms with Crippen LogP contribution in [0.15, 0.2) is 47.4 Å². The minimum absolute atomic E-state index is 0.0385. The summed E-state index contributed by atoms with van der Waals surface area (Å²) in [4.78, 5) is 13.4. The highest BCUT2D eigenvalue weighted by atomic mass is 32.2. The number of methoxy groups -OCH3 is 1. The Labute approximate surface area is 145 Å². The van der Waals surface area contributed by atoms with Crippen molar-refractivity contribution in [3.8, 4) is 5.75 Å². The quantitative estimate of drug-likeness (QED) is 0.885. The van der Waals surface area contributed by atoms with Gasteiger partial charge in [-0.15, -0.1) is 0 Å². The van der Waals surface area contributed by atoms with Crippen molar-refractivity contribution in [1.82, 2.24) is 0 Å². The molecule has 1 fully saturated rings. The number of hydrogen-bond acceptors (Lipinski definition) is 4. The SMILES string of the molecule is COc1ccc(NS(=O)(=O)c2cccc(F)c2)cc1N1CCCC1=O. The average Bonchev–Trinajstić information content (AvgIpc) is 3.00. The molecule has 1 aliphatic heterocycles. The van der Waals surface area contributed by atoms with Gasteiger partial charge in [0.25, 0.3) is 10.0 Å². The number of nitrogens with one attached hydrogen (secondary N) is 1. The summed E-state index contributed by atoms with van der Waals surface area (Å²) < 4.78 is 45.8. The summed E-state index contributed by atoms with van der Waals surface area (Å²) in [7, 11) is -2.46. The van der Waals surface area contributed by atoms with Crippen LogP contribution >= 0.6 is 0 Å². The molecule has 0 saturated carbocycles. The van der Waals surface area contributed by atoms with Gasteiger partial charge in [0.15, 0.2) is 0 Å². The summed E-state index contributed by atoms with van der Waals surface area (Å²) in [5, 5.41) is 0. The van der Waals surface area contributed by atoms with Crippen molar-refractivity contribution >= 4 is 27.3 Å². The third-order valence-corrected chi connectivity index (χ3v) is 5.28. The molecule has 0 atom stereocenters. The molecule has 1 saturated heterocycles. The van der Waals surface area contributed by atoms with Crippen LogP contribution in [0.2, 0.25) is 0 Å². The van der Waals surface area contributed by atoms with Crippen LogP contribution in [-0.4, -0.2) is 28.0 Å². The molecule has 8 heteroatoms. The second-order valence-corrected chi connectivity index (χ2v) is 7.28. The van der Waals surface area contributed by atoms with Crippen LogP contribution < -0.4 is 14.4 Å². The first kappa shape index (κ1) is 17.2. The van der Waals surface area contributed by atoms with Crippen molar-refractivity contribution in [2.75, 3.05) is 23.3 Å². The summed E-state index contributed by atoms with van der Waals surface area (Å²) in [6.07, 6.45) is 1.18. The minimum atomic E-state index is -3.94. The van der Waals surface area contributed by atoms with Gasteiger partial charge >= 0.3 is 0 Å². The van der Waals surface area contributed by atoms with E-state index in [1.54, 1.807) is 17.0 Å². The van der Waals surface area contributed by atoms with Gasteiger partial charge in [-0.3, -0.25) is 9.52 Å². The van der Waals surface area contributed by atoms with Gasteiger partial charge in [0, 0.05) is 13.0 Å². The fraction of sp³-hybridized carbons (Fsp3) is 0.235. The third-order valence-electron chi connectivity index (χ3n) is 3.90. The van der Waals surface area contributed by atoms with Crippen molar-refractivity contribution in [2.24, 2.45) is 0 Å². The fourth-order valence-corrected chi connectivity index (χ4v) is 3.80. The molecule has 132 valence electrons. The van der Waals surface area contributed by atoms with Crippen molar-refractivity contribution in [2.45, 2.75) is 17.7 Å². The fourth-order valence-electron chi connectivity index (χ4n) is 2.72. The van der Waals surface area contributed by atoms with E-state index in [2.05, 4.69) is 4.72 Å². The van der Waals surface area contributed by atoms with Crippen molar-refractivity contribution in [1.29, 1.82) is 0 Å². The predicted molar refractivity (Wildman–Crippen MR) is 91.8 cm³/mol. The summed E-state index contributed by atoms with van der Waals surface area (Å²) in [5.41, 5.74) is 0.768. The average molecular weight is 364 g/mol. The molecule has 6 nitrogen and oxygen atoms in total. The first-order chi connectivity index (χ1) is 11.9. The van der Waals surface area contributed by atoms with Gasteiger partial charge in [0.2, 0.25) is 5.91 Å². The van der Waals surface area contributed by atoms with Crippen LogP contribution in [0.25, 0.3) is 0 Å². The number of amides is 1. The zero-order valence-electron chi connectivity index (χ0n) is 13.5. The van der Waals surface area contributed by atoms with Gasteiger partial charge in [0.1, 0.15) is 11.6 Å². The molecule has 0 radical (unpaired) electrons. The molecule has 25 heavy (non-hydrogen) atoms. The molecule has 1 N–H and O–H groups in total. The summed E-state index contributed by atoms with van der Waals surface area (Å²) >= 11 is 0. The second-order valence-electron chi connectivity index (χ2n) is 5.60. The number of sulfonamides is 1. The van der Waals surface area contributed by atoms with Crippen LogP contribution in [0.1, 0.15) is 12.8 Å². The van der Waals surface area contributed by atoms with E-state index in [0.29, 0.717) is 24.4 Å². The number of nitrogens with zero attached hydrogens (tertiary/aromatic N) is 1. The highest BCUT2D eigenvalue weighted by Crippen LogP contribution is 2.34. The van der Waals surface area contributed by atoms with Crippen LogP contribution in [0.5, 0.6) is 5.75 Å². The number of anilines is 2. The van der Waals surface area contributed by atoms with E-state index < -0.39 is 15.8 Å². The number of carbonyl (C=O) groups is 1. The Balaban J connectivity index is 1.94. The summed E-state index contributed by atoms with van der Waals surface area (Å²) in [5.74, 6) is -0.201. The third kappa shape index (κ3) is 3.58. The Hall–Kier alpha value is -2.61. The number of rotatable bonds is 5. The largest absolute Gasteiger partial charge is 0.495 e. The normalized spacial score (nSPS) is 14.6. The van der Waals surface area contributed by atoms with Crippen LogP contribution in [-0.2, 0) is 14.8 Å². The lowest BCUT2D eigenvalue weighted by atomic mass is 10.2. The lowest BCUT2D eigenvalue weighted by Gasteiger charge is -2.20. The maximum Gasteiger partial charge on any atom is 0.261 e. The van der Waals surface area contributed by atoms with Crippen LogP contribution in [0.3, 0.4) is 0 Å². The monoisotopic (exact) mass is 364 g/mol. The van der Waals surface area contributed by atoms with Crippen LogP contribution in [0, 0.1) is 5.82 Å². The van der Waals surface area contributed by atoms with Gasteiger partial charge in [-0.25, -0.2) is 12.8 Å². The molecule has 1 heterocycles. The predicted octanol–water partition coefficient (Wildman–Crippen LogP) is 2.76. The van der Waals surface area contributed by atoms with Gasteiger partial charge < -0.3 is 9.64 Å². The number of hydrogen-bond donors (Lipinski definition) is 1. The maximum atomic E-state index is 13.3. The molecule has 0 spiro atoms. The highest BCUT2D eigenvalue weighted by molar-refractivity contribution is 7.92. The van der Waals surface area contributed by atoms with Gasteiger partial charge in [0.05, 0.1) is 23.4 Å². The molecule has 0 unspecified atom stereocenters. The Morgan fingerprint density at radius 3 is 2.64 bits per heavy atom. The molecule has 2 aromatic rings. The van der Waals surface area contributed by atoms with E-state index in [9.17, 15) is 17.6 Å². The highest BCUT2D eigenvalue weighted by Gasteiger charge is 2.25. The zero-order chi connectivity index (χ0) is 18.0. The standard InChI is InChI=1S/C17H17FN2O4S/c1-24-16-8-7-13(11-15(16)20-9-3-6-17(20)21)19-25(22,23)14-5-2-4-12(18)10-14/h2,4-5,7-8,10-11,19H,3,6,9H2,1H3. The Kier molecular flexibility index (Phi) is 4.63. The molecule has 0 aliphatic carbocycles. The molecule has 1 amide bonds. The molecular weight excluding hydrogens is 347 g/mol. The van der Waals surface area contributed by atoms with Gasteiger partial charge in [-0.1, -0.05) is 6.07 Å². The van der Waals surface area contributed by atoms with E-state index in [0.717, 1.165) is 12.5 Å². The minimum Gasteiger partial charge on any atom is -0.495 e. The first-order valence-electron chi connectivity index (χ1n) is 7.67. The number of benzene rings is 2. The Morgan fingerprint density at radius 2 is 2.00 bits per heavy atom. The van der Waals surface area contributed by atoms with Crippen molar-refractivity contribution < 1.29 is 22.3 Å². The first-order valence-corrected chi connectivity index (χ1v) is 9.16. The van der Waals surface area contributed by atoms with Gasteiger partial charge in [-0.2, -0.15) is 0 Å². The molecule has 3 rings (SSSR count). The Morgan fingerprint density at radius 1 is 1.20 bits per heavy atom. The molecule has 0 aromatic heterocycles. The van der Waals surface area contributed by atoms with E-state index >= 15 is 0 Å². The number of halogens is 1. The lowest BCUT2D eigenvalue weighted by molar-refractivity contribution is -0.117. The number of carbonyl (C=O) groups excluding carboxylic acids is 1. The van der Waals surface area contributed by atoms with E-state index in [-0.39, 0.29) is 16.5 Å². The van der Waals surface area contributed by atoms with Gasteiger partial charge in [-0.05, 0) is 42.8 Å². The van der Waals surface area contributed by atoms with E-state index in [4.69, 9.17) is 4.74 Å². The summed E-state index contributed by atoms with van der Waals surface area (Å²) in [6, 6.07) is 9.40. The van der Waals surface area contributed by atoms with E-state index in [1.807, 2.05) is 0 Å². The van der Waals surface area contributed by atoms with Crippen molar-refractivity contribution in [3.05, 3.63) is 48.3 Å². The summed E-state index contributed by atoms with van der Waals surface area (Å²) in [6.45, 7) is 0.551. The Bertz CT molecular complexity index is 915. The molecule has 1 aliphatic rings.